The van der Waals surface area contributed by atoms with Crippen LogP contribution in [0.1, 0.15) is 31.1 Å². The van der Waals surface area contributed by atoms with Crippen molar-refractivity contribution in [1.82, 2.24) is 25.1 Å². The Morgan fingerprint density at radius 3 is 2.80 bits per heavy atom. The van der Waals surface area contributed by atoms with Crippen molar-refractivity contribution >= 4 is 5.91 Å². The van der Waals surface area contributed by atoms with Gasteiger partial charge >= 0.3 is 0 Å². The highest BCUT2D eigenvalue weighted by atomic mass is 16.1. The predicted molar refractivity (Wildman–Crippen MR) is 97.0 cm³/mol. The third kappa shape index (κ3) is 4.15. The Labute approximate surface area is 147 Å². The summed E-state index contributed by atoms with van der Waals surface area (Å²) in [6, 6.07) is 7.55. The Morgan fingerprint density at radius 1 is 1.32 bits per heavy atom. The van der Waals surface area contributed by atoms with Crippen LogP contribution >= 0.6 is 0 Å². The fraction of sp³-hybridized carbons (Fsp3) is 0.316. The average Bonchev–Trinajstić information content (AvgIpc) is 3.27. The van der Waals surface area contributed by atoms with E-state index in [1.54, 1.807) is 18.7 Å². The van der Waals surface area contributed by atoms with Crippen molar-refractivity contribution in [1.29, 1.82) is 0 Å². The standard InChI is InChI=1S/C19H23N5O/c1-19(2,3)17(12-24-8-7-20-13-24)23-18(25)15-6-4-5-14(9-15)16-10-21-22-11-16/h4-11,13,17H,12H2,1-3H3,(H,21,22)(H,23,25). The number of hydrogen-bond donors (Lipinski definition) is 2. The molecule has 2 aromatic heterocycles. The molecule has 0 radical (unpaired) electrons. The van der Waals surface area contributed by atoms with Gasteiger partial charge in [0.15, 0.2) is 0 Å². The zero-order chi connectivity index (χ0) is 17.9. The molecule has 3 aromatic rings. The van der Waals surface area contributed by atoms with E-state index in [1.165, 1.54) is 0 Å². The van der Waals surface area contributed by atoms with Crippen LogP contribution < -0.4 is 5.32 Å². The maximum absolute atomic E-state index is 12.8. The van der Waals surface area contributed by atoms with Crippen LogP contribution in [0.2, 0.25) is 0 Å². The maximum atomic E-state index is 12.8. The van der Waals surface area contributed by atoms with Crippen LogP contribution in [-0.4, -0.2) is 31.7 Å². The normalized spacial score (nSPS) is 12.8. The van der Waals surface area contributed by atoms with E-state index in [0.717, 1.165) is 11.1 Å². The maximum Gasteiger partial charge on any atom is 0.251 e. The number of rotatable bonds is 5. The highest BCUT2D eigenvalue weighted by Crippen LogP contribution is 2.22. The van der Waals surface area contributed by atoms with E-state index >= 15 is 0 Å². The number of imidazole rings is 1. The molecule has 0 spiro atoms. The molecule has 2 N–H and O–H groups in total. The van der Waals surface area contributed by atoms with Crippen LogP contribution in [0.5, 0.6) is 0 Å². The second-order valence-electron chi connectivity index (χ2n) is 7.22. The molecule has 6 heteroatoms. The number of nitrogens with zero attached hydrogens (tertiary/aromatic N) is 3. The summed E-state index contributed by atoms with van der Waals surface area (Å²) in [6.07, 6.45) is 8.98. The lowest BCUT2D eigenvalue weighted by Gasteiger charge is -2.31. The van der Waals surface area contributed by atoms with Gasteiger partial charge in [-0.3, -0.25) is 9.89 Å². The molecule has 0 aliphatic rings. The molecule has 2 heterocycles. The lowest BCUT2D eigenvalue weighted by atomic mass is 9.86. The molecule has 1 unspecified atom stereocenters. The van der Waals surface area contributed by atoms with Gasteiger partial charge in [0.2, 0.25) is 0 Å². The van der Waals surface area contributed by atoms with Gasteiger partial charge in [-0.05, 0) is 23.1 Å². The van der Waals surface area contributed by atoms with Crippen molar-refractivity contribution < 1.29 is 4.79 Å². The molecule has 3 rings (SSSR count). The summed E-state index contributed by atoms with van der Waals surface area (Å²) in [5.74, 6) is -0.0783. The molecule has 6 nitrogen and oxygen atoms in total. The van der Waals surface area contributed by atoms with Crippen molar-refractivity contribution in [3.63, 3.8) is 0 Å². The van der Waals surface area contributed by atoms with Gasteiger partial charge in [0, 0.05) is 36.3 Å². The third-order valence-electron chi connectivity index (χ3n) is 4.26. The first-order chi connectivity index (χ1) is 11.9. The molecule has 0 aliphatic heterocycles. The van der Waals surface area contributed by atoms with Crippen LogP contribution in [0, 0.1) is 5.41 Å². The molecule has 0 aliphatic carbocycles. The summed E-state index contributed by atoms with van der Waals surface area (Å²) in [4.78, 5) is 16.9. The topological polar surface area (TPSA) is 75.6 Å². The van der Waals surface area contributed by atoms with E-state index in [1.807, 2.05) is 41.2 Å². The minimum Gasteiger partial charge on any atom is -0.347 e. The lowest BCUT2D eigenvalue weighted by molar-refractivity contribution is 0.0892. The molecule has 0 fully saturated rings. The van der Waals surface area contributed by atoms with Gasteiger partial charge in [-0.15, -0.1) is 0 Å². The fourth-order valence-electron chi connectivity index (χ4n) is 2.63. The summed E-state index contributed by atoms with van der Waals surface area (Å²) in [5.41, 5.74) is 2.48. The first kappa shape index (κ1) is 17.0. The molecule has 1 atom stereocenters. The molecule has 1 amide bonds. The monoisotopic (exact) mass is 337 g/mol. The van der Waals surface area contributed by atoms with Crippen molar-refractivity contribution in [2.75, 3.05) is 0 Å². The van der Waals surface area contributed by atoms with E-state index in [-0.39, 0.29) is 17.4 Å². The van der Waals surface area contributed by atoms with Gasteiger partial charge in [0.1, 0.15) is 0 Å². The third-order valence-corrected chi connectivity index (χ3v) is 4.26. The van der Waals surface area contributed by atoms with E-state index in [9.17, 15) is 4.79 Å². The number of hydrogen-bond acceptors (Lipinski definition) is 3. The van der Waals surface area contributed by atoms with Gasteiger partial charge in [0.05, 0.1) is 18.6 Å². The summed E-state index contributed by atoms with van der Waals surface area (Å²) >= 11 is 0. The number of carbonyl (C=O) groups excluding carboxylic acids is 1. The zero-order valence-corrected chi connectivity index (χ0v) is 14.7. The first-order valence-corrected chi connectivity index (χ1v) is 8.29. The Bertz CT molecular complexity index is 816. The van der Waals surface area contributed by atoms with Crippen molar-refractivity contribution in [3.8, 4) is 11.1 Å². The van der Waals surface area contributed by atoms with Crippen molar-refractivity contribution in [2.45, 2.75) is 33.4 Å². The summed E-state index contributed by atoms with van der Waals surface area (Å²) in [7, 11) is 0. The number of carbonyl (C=O) groups is 1. The summed E-state index contributed by atoms with van der Waals surface area (Å²) in [5, 5.41) is 9.93. The Morgan fingerprint density at radius 2 is 2.16 bits per heavy atom. The molecule has 1 aromatic carbocycles. The molecule has 0 saturated carbocycles. The zero-order valence-electron chi connectivity index (χ0n) is 14.7. The Kier molecular flexibility index (Phi) is 4.70. The van der Waals surface area contributed by atoms with Crippen LogP contribution in [0.25, 0.3) is 11.1 Å². The van der Waals surface area contributed by atoms with Crippen LogP contribution in [-0.2, 0) is 6.54 Å². The lowest BCUT2D eigenvalue weighted by Crippen LogP contribution is -2.46. The molecular weight excluding hydrogens is 314 g/mol. The van der Waals surface area contributed by atoms with Gasteiger partial charge in [-0.1, -0.05) is 32.9 Å². The second-order valence-corrected chi connectivity index (χ2v) is 7.22. The highest BCUT2D eigenvalue weighted by molar-refractivity contribution is 5.95. The first-order valence-electron chi connectivity index (χ1n) is 8.29. The van der Waals surface area contributed by atoms with Crippen molar-refractivity contribution in [2.24, 2.45) is 5.41 Å². The number of aromatic nitrogens is 4. The van der Waals surface area contributed by atoms with E-state index in [2.05, 4.69) is 41.3 Å². The van der Waals surface area contributed by atoms with Crippen molar-refractivity contribution in [3.05, 3.63) is 60.9 Å². The Balaban J connectivity index is 1.78. The average molecular weight is 337 g/mol. The summed E-state index contributed by atoms with van der Waals surface area (Å²) in [6.45, 7) is 7.04. The molecule has 0 saturated heterocycles. The minimum atomic E-state index is -0.0813. The fourth-order valence-corrected chi connectivity index (χ4v) is 2.63. The largest absolute Gasteiger partial charge is 0.347 e. The van der Waals surface area contributed by atoms with Gasteiger partial charge in [0.25, 0.3) is 5.91 Å². The second kappa shape index (κ2) is 6.93. The number of benzene rings is 1. The molecular formula is C19H23N5O. The van der Waals surface area contributed by atoms with Crippen LogP contribution in [0.15, 0.2) is 55.4 Å². The number of H-pyrrole nitrogens is 1. The van der Waals surface area contributed by atoms with Crippen LogP contribution in [0.3, 0.4) is 0 Å². The van der Waals surface area contributed by atoms with Crippen LogP contribution in [0.4, 0.5) is 0 Å². The number of nitrogens with one attached hydrogen (secondary N) is 2. The number of amides is 1. The molecule has 0 bridgehead atoms. The van der Waals surface area contributed by atoms with Gasteiger partial charge in [-0.2, -0.15) is 5.10 Å². The van der Waals surface area contributed by atoms with E-state index < -0.39 is 0 Å². The molecule has 130 valence electrons. The quantitative estimate of drug-likeness (QED) is 0.751. The number of aromatic amines is 1. The predicted octanol–water partition coefficient (Wildman–Crippen LogP) is 3.12. The van der Waals surface area contributed by atoms with E-state index in [0.29, 0.717) is 12.1 Å². The van der Waals surface area contributed by atoms with Gasteiger partial charge < -0.3 is 9.88 Å². The SMILES string of the molecule is CC(C)(C)C(Cn1ccnc1)NC(=O)c1cccc(-c2cn[nH]c2)c1. The minimum absolute atomic E-state index is 0.0215. The smallest absolute Gasteiger partial charge is 0.251 e. The van der Waals surface area contributed by atoms with Gasteiger partial charge in [-0.25, -0.2) is 4.98 Å². The highest BCUT2D eigenvalue weighted by Gasteiger charge is 2.27. The van der Waals surface area contributed by atoms with E-state index in [4.69, 9.17) is 0 Å². The molecule has 25 heavy (non-hydrogen) atoms. The Hall–Kier alpha value is -2.89. The summed E-state index contributed by atoms with van der Waals surface area (Å²) < 4.78 is 1.98.